The largest absolute Gasteiger partial charge is 0.449 e. The molecule has 1 aromatic rings. The predicted molar refractivity (Wildman–Crippen MR) is 68.1 cm³/mol. The third kappa shape index (κ3) is 2.48. The van der Waals surface area contributed by atoms with Crippen LogP contribution in [0.25, 0.3) is 0 Å². The van der Waals surface area contributed by atoms with Gasteiger partial charge >= 0.3 is 6.09 Å². The Morgan fingerprint density at radius 3 is 2.75 bits per heavy atom. The predicted octanol–water partition coefficient (Wildman–Crippen LogP) is 1.12. The Bertz CT molecular complexity index is 480. The van der Waals surface area contributed by atoms with E-state index in [9.17, 15) is 9.59 Å². The zero-order valence-corrected chi connectivity index (χ0v) is 11.2. The molecule has 0 unspecified atom stereocenters. The maximum absolute atomic E-state index is 12.1. The van der Waals surface area contributed by atoms with Crippen molar-refractivity contribution in [3.05, 3.63) is 18.0 Å². The van der Waals surface area contributed by atoms with Gasteiger partial charge in [0, 0.05) is 31.7 Å². The van der Waals surface area contributed by atoms with E-state index >= 15 is 0 Å². The molecule has 0 atom stereocenters. The van der Waals surface area contributed by atoms with Crippen molar-refractivity contribution >= 4 is 12.0 Å². The highest BCUT2D eigenvalue weighted by atomic mass is 16.6. The standard InChI is InChI=1S/C13H17N3O4/c17-12(11-2-5-14-20-11)15-7-3-10(4-8-15)16-6-1-9-19-13(16)18/h2,5,10H,1,3-4,6-9H2. The summed E-state index contributed by atoms with van der Waals surface area (Å²) in [7, 11) is 0. The van der Waals surface area contributed by atoms with E-state index in [-0.39, 0.29) is 23.8 Å². The summed E-state index contributed by atoms with van der Waals surface area (Å²) in [6.45, 7) is 2.50. The molecule has 7 nitrogen and oxygen atoms in total. The molecule has 7 heteroatoms. The molecular weight excluding hydrogens is 262 g/mol. The summed E-state index contributed by atoms with van der Waals surface area (Å²) >= 11 is 0. The van der Waals surface area contributed by atoms with Crippen LogP contribution in [0.2, 0.25) is 0 Å². The first-order valence-electron chi connectivity index (χ1n) is 6.89. The van der Waals surface area contributed by atoms with Gasteiger partial charge < -0.3 is 19.1 Å². The SMILES string of the molecule is O=C(c1ccno1)N1CCC(N2CCCOC2=O)CC1. The zero-order valence-electron chi connectivity index (χ0n) is 11.2. The van der Waals surface area contributed by atoms with Gasteiger partial charge in [-0.05, 0) is 19.3 Å². The maximum atomic E-state index is 12.1. The summed E-state index contributed by atoms with van der Waals surface area (Å²) in [5.41, 5.74) is 0. The highest BCUT2D eigenvalue weighted by molar-refractivity contribution is 5.91. The van der Waals surface area contributed by atoms with Crippen molar-refractivity contribution < 1.29 is 18.8 Å². The summed E-state index contributed by atoms with van der Waals surface area (Å²) in [5.74, 6) is 0.128. The third-order valence-corrected chi connectivity index (χ3v) is 3.84. The van der Waals surface area contributed by atoms with Crippen molar-refractivity contribution in [2.24, 2.45) is 0 Å². The number of cyclic esters (lactones) is 1. The van der Waals surface area contributed by atoms with Gasteiger partial charge in [0.25, 0.3) is 5.91 Å². The van der Waals surface area contributed by atoms with E-state index in [1.54, 1.807) is 15.9 Å². The average molecular weight is 279 g/mol. The van der Waals surface area contributed by atoms with Crippen LogP contribution in [-0.2, 0) is 4.74 Å². The van der Waals surface area contributed by atoms with Crippen LogP contribution in [0.1, 0.15) is 29.8 Å². The van der Waals surface area contributed by atoms with Crippen LogP contribution >= 0.6 is 0 Å². The molecule has 0 saturated carbocycles. The first-order valence-corrected chi connectivity index (χ1v) is 6.89. The molecule has 2 fully saturated rings. The van der Waals surface area contributed by atoms with E-state index in [0.717, 1.165) is 25.8 Å². The highest BCUT2D eigenvalue weighted by Crippen LogP contribution is 2.21. The number of ether oxygens (including phenoxy) is 1. The van der Waals surface area contributed by atoms with E-state index in [0.29, 0.717) is 19.7 Å². The van der Waals surface area contributed by atoms with Gasteiger partial charge in [-0.2, -0.15) is 0 Å². The lowest BCUT2D eigenvalue weighted by molar-refractivity contribution is 0.0345. The molecule has 2 amide bonds. The highest BCUT2D eigenvalue weighted by Gasteiger charge is 2.32. The Hall–Kier alpha value is -2.05. The van der Waals surface area contributed by atoms with Crippen molar-refractivity contribution in [1.82, 2.24) is 15.0 Å². The average Bonchev–Trinajstić information content (AvgIpc) is 3.01. The summed E-state index contributed by atoms with van der Waals surface area (Å²) in [5, 5.41) is 3.54. The van der Waals surface area contributed by atoms with E-state index < -0.39 is 0 Å². The summed E-state index contributed by atoms with van der Waals surface area (Å²) < 4.78 is 9.94. The maximum Gasteiger partial charge on any atom is 0.410 e. The van der Waals surface area contributed by atoms with E-state index in [1.807, 2.05) is 0 Å². The number of rotatable bonds is 2. The van der Waals surface area contributed by atoms with Gasteiger partial charge in [0.05, 0.1) is 12.8 Å². The molecule has 0 radical (unpaired) electrons. The number of carbonyl (C=O) groups is 2. The molecule has 0 N–H and O–H groups in total. The van der Waals surface area contributed by atoms with Gasteiger partial charge in [-0.1, -0.05) is 5.16 Å². The molecule has 20 heavy (non-hydrogen) atoms. The van der Waals surface area contributed by atoms with Gasteiger partial charge in [-0.15, -0.1) is 0 Å². The Labute approximate surface area is 116 Å². The Morgan fingerprint density at radius 1 is 1.30 bits per heavy atom. The molecule has 0 spiro atoms. The normalized spacial score (nSPS) is 20.9. The molecule has 2 saturated heterocycles. The number of likely N-dealkylation sites (tertiary alicyclic amines) is 1. The van der Waals surface area contributed by atoms with Crippen molar-refractivity contribution in [3.8, 4) is 0 Å². The Kier molecular flexibility index (Phi) is 3.58. The molecule has 2 aliphatic heterocycles. The Morgan fingerprint density at radius 2 is 2.10 bits per heavy atom. The second-order valence-electron chi connectivity index (χ2n) is 5.06. The van der Waals surface area contributed by atoms with Crippen LogP contribution < -0.4 is 0 Å². The van der Waals surface area contributed by atoms with Crippen LogP contribution in [0.4, 0.5) is 4.79 Å². The van der Waals surface area contributed by atoms with E-state index in [1.165, 1.54) is 6.20 Å². The molecule has 0 aromatic carbocycles. The van der Waals surface area contributed by atoms with Crippen molar-refractivity contribution in [2.45, 2.75) is 25.3 Å². The Balaban J connectivity index is 1.57. The summed E-state index contributed by atoms with van der Waals surface area (Å²) in [6.07, 6.45) is 3.66. The number of carbonyl (C=O) groups excluding carboxylic acids is 2. The monoisotopic (exact) mass is 279 g/mol. The number of amides is 2. The van der Waals surface area contributed by atoms with Gasteiger partial charge in [-0.3, -0.25) is 4.79 Å². The number of nitrogens with zero attached hydrogens (tertiary/aromatic N) is 3. The van der Waals surface area contributed by atoms with Crippen molar-refractivity contribution in [3.63, 3.8) is 0 Å². The third-order valence-electron chi connectivity index (χ3n) is 3.84. The summed E-state index contributed by atoms with van der Waals surface area (Å²) in [6, 6.07) is 1.73. The number of hydrogen-bond acceptors (Lipinski definition) is 5. The van der Waals surface area contributed by atoms with Crippen molar-refractivity contribution in [2.75, 3.05) is 26.2 Å². The quantitative estimate of drug-likeness (QED) is 0.811. The fourth-order valence-corrected chi connectivity index (χ4v) is 2.76. The number of piperidine rings is 1. The zero-order chi connectivity index (χ0) is 13.9. The minimum absolute atomic E-state index is 0.137. The van der Waals surface area contributed by atoms with E-state index in [4.69, 9.17) is 9.26 Å². The molecule has 108 valence electrons. The molecule has 3 heterocycles. The topological polar surface area (TPSA) is 75.9 Å². The smallest absolute Gasteiger partial charge is 0.410 e. The number of aromatic nitrogens is 1. The molecular formula is C13H17N3O4. The molecule has 1 aromatic heterocycles. The van der Waals surface area contributed by atoms with Crippen LogP contribution in [0.3, 0.4) is 0 Å². The van der Waals surface area contributed by atoms with E-state index in [2.05, 4.69) is 5.16 Å². The fraction of sp³-hybridized carbons (Fsp3) is 0.615. The lowest BCUT2D eigenvalue weighted by Gasteiger charge is -2.39. The first kappa shape index (κ1) is 13.0. The fourth-order valence-electron chi connectivity index (χ4n) is 2.76. The van der Waals surface area contributed by atoms with Gasteiger partial charge in [0.2, 0.25) is 5.76 Å². The lowest BCUT2D eigenvalue weighted by Crippen LogP contribution is -2.50. The molecule has 0 aliphatic carbocycles. The van der Waals surface area contributed by atoms with Crippen LogP contribution in [0.15, 0.2) is 16.8 Å². The molecule has 0 bridgehead atoms. The first-order chi connectivity index (χ1) is 9.75. The summed E-state index contributed by atoms with van der Waals surface area (Å²) in [4.78, 5) is 27.3. The van der Waals surface area contributed by atoms with Crippen LogP contribution in [-0.4, -0.2) is 59.2 Å². The molecule has 3 rings (SSSR count). The van der Waals surface area contributed by atoms with Gasteiger partial charge in [0.15, 0.2) is 0 Å². The van der Waals surface area contributed by atoms with Crippen LogP contribution in [0, 0.1) is 0 Å². The molecule has 2 aliphatic rings. The minimum Gasteiger partial charge on any atom is -0.449 e. The van der Waals surface area contributed by atoms with Crippen LogP contribution in [0.5, 0.6) is 0 Å². The van der Waals surface area contributed by atoms with Gasteiger partial charge in [0.1, 0.15) is 0 Å². The number of hydrogen-bond donors (Lipinski definition) is 0. The lowest BCUT2D eigenvalue weighted by atomic mass is 10.0. The van der Waals surface area contributed by atoms with Crippen molar-refractivity contribution in [1.29, 1.82) is 0 Å². The minimum atomic E-state index is -0.226. The second-order valence-corrected chi connectivity index (χ2v) is 5.06. The van der Waals surface area contributed by atoms with Gasteiger partial charge in [-0.25, -0.2) is 4.79 Å². The second kappa shape index (κ2) is 5.52.